The summed E-state index contributed by atoms with van der Waals surface area (Å²) in [4.78, 5) is 13.2. The molecular formula is C27H25Cl2FN4OS. The summed E-state index contributed by atoms with van der Waals surface area (Å²) in [5.74, 6) is 0.436. The second kappa shape index (κ2) is 11.9. The average Bonchev–Trinajstić information content (AvgIpc) is 3.28. The molecule has 0 aliphatic heterocycles. The van der Waals surface area contributed by atoms with E-state index in [4.69, 9.17) is 23.2 Å². The van der Waals surface area contributed by atoms with E-state index >= 15 is 0 Å². The first kappa shape index (κ1) is 26.2. The van der Waals surface area contributed by atoms with Crippen molar-refractivity contribution in [1.82, 2.24) is 20.1 Å². The van der Waals surface area contributed by atoms with Gasteiger partial charge in [-0.05, 0) is 54.8 Å². The standard InChI is InChI=1S/C27H25Cl2FN4OS/c1-3-22(19-7-5-4-6-8-19)26(35)31-17(2)25-32-33-27(36-16-18-9-12-21(30)13-10-18)34(25)24-14-11-20(28)15-23(24)29/h4-15,17,22H,3,16H2,1-2H3,(H,31,35). The molecule has 186 valence electrons. The molecule has 1 N–H and O–H groups in total. The highest BCUT2D eigenvalue weighted by atomic mass is 35.5. The highest BCUT2D eigenvalue weighted by molar-refractivity contribution is 7.98. The number of nitrogens with zero attached hydrogens (tertiary/aromatic N) is 3. The summed E-state index contributed by atoms with van der Waals surface area (Å²) < 4.78 is 15.1. The van der Waals surface area contributed by atoms with Crippen molar-refractivity contribution in [3.8, 4) is 5.69 Å². The smallest absolute Gasteiger partial charge is 0.228 e. The number of amides is 1. The molecule has 1 heterocycles. The van der Waals surface area contributed by atoms with Crippen LogP contribution in [0.1, 0.15) is 49.2 Å². The largest absolute Gasteiger partial charge is 0.346 e. The predicted octanol–water partition coefficient (Wildman–Crippen LogP) is 7.38. The van der Waals surface area contributed by atoms with Crippen LogP contribution in [0, 0.1) is 5.82 Å². The van der Waals surface area contributed by atoms with Crippen molar-refractivity contribution < 1.29 is 9.18 Å². The summed E-state index contributed by atoms with van der Waals surface area (Å²) in [6.07, 6.45) is 0.664. The van der Waals surface area contributed by atoms with E-state index in [2.05, 4.69) is 15.5 Å². The molecule has 36 heavy (non-hydrogen) atoms. The first-order valence-electron chi connectivity index (χ1n) is 11.5. The van der Waals surface area contributed by atoms with E-state index in [0.717, 1.165) is 11.1 Å². The quantitative estimate of drug-likeness (QED) is 0.224. The lowest BCUT2D eigenvalue weighted by Crippen LogP contribution is -2.32. The van der Waals surface area contributed by atoms with Crippen molar-refractivity contribution >= 4 is 40.9 Å². The number of benzene rings is 3. The summed E-state index contributed by atoms with van der Waals surface area (Å²) in [7, 11) is 0. The number of carbonyl (C=O) groups excluding carboxylic acids is 1. The Hall–Kier alpha value is -2.87. The fraction of sp³-hybridized carbons (Fsp3) is 0.222. The van der Waals surface area contributed by atoms with Crippen molar-refractivity contribution in [3.63, 3.8) is 0 Å². The van der Waals surface area contributed by atoms with Crippen molar-refractivity contribution in [2.45, 2.75) is 43.1 Å². The van der Waals surface area contributed by atoms with E-state index in [-0.39, 0.29) is 17.6 Å². The maximum Gasteiger partial charge on any atom is 0.228 e. The minimum atomic E-state index is -0.449. The van der Waals surface area contributed by atoms with Gasteiger partial charge in [0.25, 0.3) is 0 Å². The van der Waals surface area contributed by atoms with E-state index in [0.29, 0.717) is 38.9 Å². The number of aromatic nitrogens is 3. The molecule has 0 saturated carbocycles. The van der Waals surface area contributed by atoms with Crippen molar-refractivity contribution in [3.05, 3.63) is 106 Å². The van der Waals surface area contributed by atoms with Crippen LogP contribution in [0.15, 0.2) is 78.0 Å². The number of halogens is 3. The van der Waals surface area contributed by atoms with Crippen LogP contribution in [0.5, 0.6) is 0 Å². The maximum absolute atomic E-state index is 13.3. The Morgan fingerprint density at radius 3 is 2.44 bits per heavy atom. The first-order valence-corrected chi connectivity index (χ1v) is 13.2. The highest BCUT2D eigenvalue weighted by Crippen LogP contribution is 2.32. The third-order valence-corrected chi connectivity index (χ3v) is 7.30. The number of hydrogen-bond donors (Lipinski definition) is 1. The number of nitrogens with one attached hydrogen (secondary N) is 1. The van der Waals surface area contributed by atoms with Crippen LogP contribution >= 0.6 is 35.0 Å². The molecule has 1 amide bonds. The third-order valence-electron chi connectivity index (χ3n) is 5.76. The zero-order valence-electron chi connectivity index (χ0n) is 19.8. The Bertz CT molecular complexity index is 1330. The normalized spacial score (nSPS) is 12.8. The first-order chi connectivity index (χ1) is 17.4. The monoisotopic (exact) mass is 542 g/mol. The molecule has 5 nitrogen and oxygen atoms in total. The number of hydrogen-bond acceptors (Lipinski definition) is 4. The zero-order valence-corrected chi connectivity index (χ0v) is 22.1. The van der Waals surface area contributed by atoms with Crippen LogP contribution in [-0.4, -0.2) is 20.7 Å². The average molecular weight is 543 g/mol. The molecule has 2 unspecified atom stereocenters. The van der Waals surface area contributed by atoms with Gasteiger partial charge in [0.2, 0.25) is 5.91 Å². The molecule has 0 spiro atoms. The molecule has 0 fully saturated rings. The summed E-state index contributed by atoms with van der Waals surface area (Å²) >= 11 is 14.1. The van der Waals surface area contributed by atoms with E-state index in [1.807, 2.05) is 48.7 Å². The van der Waals surface area contributed by atoms with E-state index in [1.165, 1.54) is 23.9 Å². The molecule has 9 heteroatoms. The van der Waals surface area contributed by atoms with Gasteiger partial charge in [-0.2, -0.15) is 0 Å². The Labute approximate surface area is 224 Å². The SMILES string of the molecule is CCC(C(=O)NC(C)c1nnc(SCc2ccc(F)cc2)n1-c1ccc(Cl)cc1Cl)c1ccccc1. The lowest BCUT2D eigenvalue weighted by molar-refractivity contribution is -0.123. The van der Waals surface area contributed by atoms with Crippen LogP contribution in [-0.2, 0) is 10.5 Å². The maximum atomic E-state index is 13.3. The van der Waals surface area contributed by atoms with Gasteiger partial charge in [-0.1, -0.05) is 84.4 Å². The lowest BCUT2D eigenvalue weighted by atomic mass is 9.95. The van der Waals surface area contributed by atoms with Crippen LogP contribution in [0.4, 0.5) is 4.39 Å². The summed E-state index contributed by atoms with van der Waals surface area (Å²) in [6.45, 7) is 3.86. The second-order valence-corrected chi connectivity index (χ2v) is 10.1. The molecule has 4 rings (SSSR count). The fourth-order valence-electron chi connectivity index (χ4n) is 3.91. The Morgan fingerprint density at radius 1 is 1.06 bits per heavy atom. The van der Waals surface area contributed by atoms with Gasteiger partial charge < -0.3 is 5.32 Å². The summed E-state index contributed by atoms with van der Waals surface area (Å²) in [5.41, 5.74) is 2.55. The Kier molecular flexibility index (Phi) is 8.67. The Balaban J connectivity index is 1.63. The van der Waals surface area contributed by atoms with Crippen molar-refractivity contribution in [2.75, 3.05) is 0 Å². The molecule has 1 aromatic heterocycles. The van der Waals surface area contributed by atoms with Crippen molar-refractivity contribution in [2.24, 2.45) is 0 Å². The predicted molar refractivity (Wildman–Crippen MR) is 143 cm³/mol. The lowest BCUT2D eigenvalue weighted by Gasteiger charge is -2.20. The van der Waals surface area contributed by atoms with E-state index in [1.54, 1.807) is 30.3 Å². The molecular weight excluding hydrogens is 518 g/mol. The minimum absolute atomic E-state index is 0.0894. The van der Waals surface area contributed by atoms with Gasteiger partial charge in [-0.3, -0.25) is 9.36 Å². The zero-order chi connectivity index (χ0) is 25.7. The van der Waals surface area contributed by atoms with Crippen LogP contribution in [0.3, 0.4) is 0 Å². The van der Waals surface area contributed by atoms with Gasteiger partial charge in [0.05, 0.1) is 22.7 Å². The molecule has 0 aliphatic carbocycles. The summed E-state index contributed by atoms with van der Waals surface area (Å²) in [5, 5.41) is 13.4. The molecule has 0 bridgehead atoms. The number of rotatable bonds is 9. The Morgan fingerprint density at radius 2 is 1.78 bits per heavy atom. The molecule has 0 aliphatic rings. The van der Waals surface area contributed by atoms with Gasteiger partial charge in [0.15, 0.2) is 11.0 Å². The van der Waals surface area contributed by atoms with Crippen LogP contribution < -0.4 is 5.32 Å². The molecule has 4 aromatic rings. The molecule has 3 aromatic carbocycles. The van der Waals surface area contributed by atoms with Gasteiger partial charge >= 0.3 is 0 Å². The van der Waals surface area contributed by atoms with Crippen LogP contribution in [0.25, 0.3) is 5.69 Å². The number of carbonyl (C=O) groups is 1. The van der Waals surface area contributed by atoms with Gasteiger partial charge in [0.1, 0.15) is 5.82 Å². The highest BCUT2D eigenvalue weighted by Gasteiger charge is 2.25. The second-order valence-electron chi connectivity index (χ2n) is 8.29. The van der Waals surface area contributed by atoms with Gasteiger partial charge in [0, 0.05) is 10.8 Å². The van der Waals surface area contributed by atoms with Gasteiger partial charge in [-0.25, -0.2) is 4.39 Å². The van der Waals surface area contributed by atoms with E-state index in [9.17, 15) is 9.18 Å². The minimum Gasteiger partial charge on any atom is -0.346 e. The summed E-state index contributed by atoms with van der Waals surface area (Å²) in [6, 6.07) is 20.8. The van der Waals surface area contributed by atoms with E-state index < -0.39 is 6.04 Å². The molecule has 2 atom stereocenters. The van der Waals surface area contributed by atoms with Crippen molar-refractivity contribution in [1.29, 1.82) is 0 Å². The van der Waals surface area contributed by atoms with Gasteiger partial charge in [-0.15, -0.1) is 10.2 Å². The van der Waals surface area contributed by atoms with Crippen LogP contribution in [0.2, 0.25) is 10.0 Å². The number of thioether (sulfide) groups is 1. The fourth-order valence-corrected chi connectivity index (χ4v) is 5.31. The topological polar surface area (TPSA) is 59.8 Å². The molecule has 0 saturated heterocycles. The molecule has 0 radical (unpaired) electrons. The third kappa shape index (κ3) is 6.09.